The van der Waals surface area contributed by atoms with Crippen LogP contribution in [0.25, 0.3) is 0 Å². The highest BCUT2D eigenvalue weighted by Crippen LogP contribution is 2.10. The monoisotopic (exact) mass is 311 g/mol. The highest BCUT2D eigenvalue weighted by Gasteiger charge is 2.03. The molecular weight excluding hydrogens is 266 g/mol. The van der Waals surface area contributed by atoms with Crippen molar-refractivity contribution in [3.63, 3.8) is 0 Å². The average molecular weight is 312 g/mol. The van der Waals surface area contributed by atoms with Gasteiger partial charge in [-0.05, 0) is 38.9 Å². The summed E-state index contributed by atoms with van der Waals surface area (Å²) in [4.78, 5) is 2.72. The van der Waals surface area contributed by atoms with Gasteiger partial charge in [0.05, 0.1) is 0 Å². The molecule has 0 saturated heterocycles. The fourth-order valence-electron chi connectivity index (χ4n) is 3.24. The standard InChI is InChI=1S/C21H45N/c1-4-7-9-11-13-14-16-18-21-22(19-6-3)20-17-15-12-10-8-5-2/h4-21H2,1-3H3. The third-order valence-electron chi connectivity index (χ3n) is 4.70. The molecule has 1 heteroatoms. The van der Waals surface area contributed by atoms with E-state index in [0.29, 0.717) is 0 Å². The fraction of sp³-hybridized carbons (Fsp3) is 1.00. The topological polar surface area (TPSA) is 3.24 Å². The first-order valence-electron chi connectivity index (χ1n) is 10.6. The highest BCUT2D eigenvalue weighted by atomic mass is 15.1. The molecule has 0 amide bonds. The van der Waals surface area contributed by atoms with Crippen molar-refractivity contribution in [3.05, 3.63) is 0 Å². The Morgan fingerprint density at radius 1 is 0.364 bits per heavy atom. The summed E-state index contributed by atoms with van der Waals surface area (Å²) in [7, 11) is 0. The van der Waals surface area contributed by atoms with Gasteiger partial charge < -0.3 is 4.90 Å². The summed E-state index contributed by atoms with van der Waals surface area (Å²) in [5.74, 6) is 0. The molecule has 0 bridgehead atoms. The molecular formula is C21H45N. The third kappa shape index (κ3) is 16.3. The van der Waals surface area contributed by atoms with Crippen LogP contribution >= 0.6 is 0 Å². The number of rotatable bonds is 18. The maximum absolute atomic E-state index is 2.72. The minimum atomic E-state index is 1.31. The zero-order valence-corrected chi connectivity index (χ0v) is 16.2. The highest BCUT2D eigenvalue weighted by molar-refractivity contribution is 4.58. The first-order valence-corrected chi connectivity index (χ1v) is 10.6. The van der Waals surface area contributed by atoms with E-state index in [9.17, 15) is 0 Å². The number of hydrogen-bond donors (Lipinski definition) is 0. The molecule has 0 aliphatic heterocycles. The van der Waals surface area contributed by atoms with Gasteiger partial charge in [0.1, 0.15) is 0 Å². The van der Waals surface area contributed by atoms with Crippen molar-refractivity contribution in [3.8, 4) is 0 Å². The molecule has 0 radical (unpaired) electrons. The average Bonchev–Trinajstić information content (AvgIpc) is 2.53. The van der Waals surface area contributed by atoms with Crippen LogP contribution in [-0.4, -0.2) is 24.5 Å². The van der Waals surface area contributed by atoms with Gasteiger partial charge in [0.2, 0.25) is 0 Å². The van der Waals surface area contributed by atoms with E-state index >= 15 is 0 Å². The Morgan fingerprint density at radius 2 is 0.727 bits per heavy atom. The van der Waals surface area contributed by atoms with Crippen LogP contribution in [0, 0.1) is 0 Å². The van der Waals surface area contributed by atoms with E-state index in [1.165, 1.54) is 116 Å². The molecule has 0 rings (SSSR count). The summed E-state index contributed by atoms with van der Waals surface area (Å²) in [6.07, 6.45) is 21.4. The number of nitrogens with zero attached hydrogens (tertiary/aromatic N) is 1. The van der Waals surface area contributed by atoms with Gasteiger partial charge in [-0.15, -0.1) is 0 Å². The molecule has 0 atom stereocenters. The summed E-state index contributed by atoms with van der Waals surface area (Å²) in [6, 6.07) is 0. The lowest BCUT2D eigenvalue weighted by atomic mass is 10.1. The van der Waals surface area contributed by atoms with Crippen LogP contribution < -0.4 is 0 Å². The van der Waals surface area contributed by atoms with E-state index < -0.39 is 0 Å². The Kier molecular flexibility index (Phi) is 19.0. The molecule has 0 fully saturated rings. The molecule has 0 aromatic carbocycles. The van der Waals surface area contributed by atoms with E-state index in [0.717, 1.165) is 0 Å². The van der Waals surface area contributed by atoms with Crippen LogP contribution in [-0.2, 0) is 0 Å². The maximum Gasteiger partial charge on any atom is -0.00187 e. The van der Waals surface area contributed by atoms with Crippen LogP contribution in [0.1, 0.15) is 117 Å². The molecule has 0 spiro atoms. The third-order valence-corrected chi connectivity index (χ3v) is 4.70. The SMILES string of the molecule is CCCCCCCCCCN(CCC)CCCCCCCC. The Bertz CT molecular complexity index is 190. The summed E-state index contributed by atoms with van der Waals surface area (Å²) < 4.78 is 0. The molecule has 0 unspecified atom stereocenters. The van der Waals surface area contributed by atoms with Crippen LogP contribution in [0.15, 0.2) is 0 Å². The van der Waals surface area contributed by atoms with E-state index in [1.54, 1.807) is 0 Å². The molecule has 134 valence electrons. The summed E-state index contributed by atoms with van der Waals surface area (Å²) in [5.41, 5.74) is 0. The lowest BCUT2D eigenvalue weighted by molar-refractivity contribution is 0.260. The van der Waals surface area contributed by atoms with Crippen LogP contribution in [0.4, 0.5) is 0 Å². The Morgan fingerprint density at radius 3 is 1.09 bits per heavy atom. The maximum atomic E-state index is 2.72. The molecule has 0 saturated carbocycles. The minimum Gasteiger partial charge on any atom is -0.303 e. The van der Waals surface area contributed by atoms with Gasteiger partial charge in [0, 0.05) is 0 Å². The van der Waals surface area contributed by atoms with Crippen LogP contribution in [0.5, 0.6) is 0 Å². The van der Waals surface area contributed by atoms with Gasteiger partial charge >= 0.3 is 0 Å². The number of unbranched alkanes of at least 4 members (excludes halogenated alkanes) is 12. The van der Waals surface area contributed by atoms with Crippen molar-refractivity contribution in [2.45, 2.75) is 117 Å². The molecule has 22 heavy (non-hydrogen) atoms. The van der Waals surface area contributed by atoms with Gasteiger partial charge in [-0.2, -0.15) is 0 Å². The van der Waals surface area contributed by atoms with Crippen molar-refractivity contribution in [2.75, 3.05) is 19.6 Å². The predicted molar refractivity (Wildman–Crippen MR) is 103 cm³/mol. The van der Waals surface area contributed by atoms with Crippen LogP contribution in [0.2, 0.25) is 0 Å². The van der Waals surface area contributed by atoms with Crippen molar-refractivity contribution in [1.82, 2.24) is 4.90 Å². The molecule has 1 nitrogen and oxygen atoms in total. The second kappa shape index (κ2) is 19.0. The number of hydrogen-bond acceptors (Lipinski definition) is 1. The van der Waals surface area contributed by atoms with Gasteiger partial charge in [-0.1, -0.05) is 97.8 Å². The first kappa shape index (κ1) is 22.0. The summed E-state index contributed by atoms with van der Waals surface area (Å²) in [6.45, 7) is 10.9. The smallest absolute Gasteiger partial charge is 0.00187 e. The largest absolute Gasteiger partial charge is 0.303 e. The summed E-state index contributed by atoms with van der Waals surface area (Å²) >= 11 is 0. The van der Waals surface area contributed by atoms with Gasteiger partial charge in [0.25, 0.3) is 0 Å². The van der Waals surface area contributed by atoms with Crippen molar-refractivity contribution in [2.24, 2.45) is 0 Å². The van der Waals surface area contributed by atoms with Gasteiger partial charge in [-0.3, -0.25) is 0 Å². The van der Waals surface area contributed by atoms with E-state index in [-0.39, 0.29) is 0 Å². The van der Waals surface area contributed by atoms with Crippen molar-refractivity contribution >= 4 is 0 Å². The van der Waals surface area contributed by atoms with E-state index in [4.69, 9.17) is 0 Å². The predicted octanol–water partition coefficient (Wildman–Crippen LogP) is 7.20. The van der Waals surface area contributed by atoms with Crippen molar-refractivity contribution in [1.29, 1.82) is 0 Å². The molecule has 0 aromatic rings. The Labute approximate surface area is 142 Å². The molecule has 0 aliphatic carbocycles. The molecule has 0 aliphatic rings. The quantitative estimate of drug-likeness (QED) is 0.242. The molecule has 0 N–H and O–H groups in total. The zero-order valence-electron chi connectivity index (χ0n) is 16.2. The van der Waals surface area contributed by atoms with Gasteiger partial charge in [-0.25, -0.2) is 0 Å². The molecule has 0 aromatic heterocycles. The van der Waals surface area contributed by atoms with E-state index in [1.807, 2.05) is 0 Å². The lowest BCUT2D eigenvalue weighted by Gasteiger charge is -2.21. The minimum absolute atomic E-state index is 1.31. The van der Waals surface area contributed by atoms with E-state index in [2.05, 4.69) is 25.7 Å². The first-order chi connectivity index (χ1) is 10.8. The second-order valence-corrected chi connectivity index (χ2v) is 7.08. The lowest BCUT2D eigenvalue weighted by Crippen LogP contribution is -2.27. The second-order valence-electron chi connectivity index (χ2n) is 7.08. The van der Waals surface area contributed by atoms with Gasteiger partial charge in [0.15, 0.2) is 0 Å². The Hall–Kier alpha value is -0.0400. The Balaban J connectivity index is 3.43. The summed E-state index contributed by atoms with van der Waals surface area (Å²) in [5, 5.41) is 0. The fourth-order valence-corrected chi connectivity index (χ4v) is 3.24. The zero-order chi connectivity index (χ0) is 16.3. The molecule has 0 heterocycles. The van der Waals surface area contributed by atoms with Crippen molar-refractivity contribution < 1.29 is 0 Å². The normalized spacial score (nSPS) is 11.5. The van der Waals surface area contributed by atoms with Crippen LogP contribution in [0.3, 0.4) is 0 Å².